The van der Waals surface area contributed by atoms with Gasteiger partial charge in [-0.3, -0.25) is 4.79 Å². The van der Waals surface area contributed by atoms with Crippen LogP contribution in [0.4, 0.5) is 0 Å². The molecule has 0 bridgehead atoms. The van der Waals surface area contributed by atoms with Gasteiger partial charge in [-0.25, -0.2) is 8.42 Å². The number of hydrogen-bond acceptors (Lipinski definition) is 5. The maximum atomic E-state index is 13.5. The molecule has 1 fully saturated rings. The molecule has 1 N–H and O–H groups in total. The van der Waals surface area contributed by atoms with E-state index in [0.717, 1.165) is 16.9 Å². The molecule has 0 unspecified atom stereocenters. The molecule has 0 radical (unpaired) electrons. The third-order valence-corrected chi connectivity index (χ3v) is 7.74. The van der Waals surface area contributed by atoms with Crippen molar-refractivity contribution in [1.29, 1.82) is 0 Å². The molecule has 7 nitrogen and oxygen atoms in total. The zero-order chi connectivity index (χ0) is 23.3. The van der Waals surface area contributed by atoms with Crippen molar-refractivity contribution >= 4 is 15.9 Å². The predicted molar refractivity (Wildman–Crippen MR) is 123 cm³/mol. The summed E-state index contributed by atoms with van der Waals surface area (Å²) in [6, 6.07) is 12.7. The Morgan fingerprint density at radius 3 is 2.47 bits per heavy atom. The molecular weight excluding hydrogens is 428 g/mol. The van der Waals surface area contributed by atoms with Crippen LogP contribution in [-0.4, -0.2) is 45.9 Å². The molecule has 1 atom stereocenters. The first-order chi connectivity index (χ1) is 15.3. The molecule has 2 aromatic carbocycles. The van der Waals surface area contributed by atoms with Gasteiger partial charge in [0.2, 0.25) is 15.9 Å². The van der Waals surface area contributed by atoms with E-state index in [9.17, 15) is 13.2 Å². The quantitative estimate of drug-likeness (QED) is 0.651. The average Bonchev–Trinajstić information content (AvgIpc) is 2.82. The second-order valence-electron chi connectivity index (χ2n) is 8.33. The number of carbonyl (C=O) groups is 1. The van der Waals surface area contributed by atoms with Gasteiger partial charge in [-0.2, -0.15) is 4.31 Å². The van der Waals surface area contributed by atoms with E-state index in [1.165, 1.54) is 11.4 Å². The van der Waals surface area contributed by atoms with Crippen LogP contribution in [0, 0.1) is 5.92 Å². The van der Waals surface area contributed by atoms with Gasteiger partial charge in [-0.05, 0) is 54.2 Å². The van der Waals surface area contributed by atoms with Crippen LogP contribution in [0.15, 0.2) is 47.4 Å². The largest absolute Gasteiger partial charge is 0.497 e. The molecule has 0 saturated carbocycles. The summed E-state index contributed by atoms with van der Waals surface area (Å²) in [4.78, 5) is 12.9. The van der Waals surface area contributed by atoms with Crippen molar-refractivity contribution in [2.45, 2.75) is 44.0 Å². The summed E-state index contributed by atoms with van der Waals surface area (Å²) in [5.74, 6) is 0.734. The predicted octanol–water partition coefficient (Wildman–Crippen LogP) is 3.54. The van der Waals surface area contributed by atoms with E-state index in [4.69, 9.17) is 9.47 Å². The van der Waals surface area contributed by atoms with Crippen molar-refractivity contribution in [2.24, 2.45) is 5.92 Å². The maximum absolute atomic E-state index is 13.5. The molecule has 8 heteroatoms. The smallest absolute Gasteiger partial charge is 0.246 e. The zero-order valence-electron chi connectivity index (χ0n) is 19.1. The van der Waals surface area contributed by atoms with Gasteiger partial charge in [0.25, 0.3) is 0 Å². The van der Waals surface area contributed by atoms with Crippen molar-refractivity contribution in [2.75, 3.05) is 27.3 Å². The Bertz CT molecular complexity index is 1030. The summed E-state index contributed by atoms with van der Waals surface area (Å²) >= 11 is 0. The first-order valence-electron chi connectivity index (χ1n) is 10.8. The highest BCUT2D eigenvalue weighted by Gasteiger charge is 2.35. The Kier molecular flexibility index (Phi) is 7.79. The van der Waals surface area contributed by atoms with Crippen LogP contribution >= 0.6 is 0 Å². The third kappa shape index (κ3) is 5.42. The van der Waals surface area contributed by atoms with Gasteiger partial charge in [0.05, 0.1) is 20.1 Å². The minimum absolute atomic E-state index is 0.136. The van der Waals surface area contributed by atoms with Crippen molar-refractivity contribution < 1.29 is 22.7 Å². The number of sulfonamides is 1. The lowest BCUT2D eigenvalue weighted by atomic mass is 9.99. The number of piperidine rings is 1. The third-order valence-electron chi connectivity index (χ3n) is 5.85. The maximum Gasteiger partial charge on any atom is 0.246 e. The Hall–Kier alpha value is -2.58. The van der Waals surface area contributed by atoms with Crippen LogP contribution < -0.4 is 14.8 Å². The number of carbonyl (C=O) groups excluding carboxylic acids is 1. The Balaban J connectivity index is 1.71. The van der Waals surface area contributed by atoms with E-state index < -0.39 is 15.9 Å². The monoisotopic (exact) mass is 460 g/mol. The minimum atomic E-state index is -3.79. The highest BCUT2D eigenvalue weighted by atomic mass is 32.2. The van der Waals surface area contributed by atoms with Gasteiger partial charge in [0, 0.05) is 19.6 Å². The number of ether oxygens (including phenoxy) is 2. The highest BCUT2D eigenvalue weighted by molar-refractivity contribution is 7.89. The molecule has 1 amide bonds. The standard InChI is InChI=1S/C24H32N2O5S/c1-17(2)19-9-12-22(31-4)23(14-19)32(28,29)26-13-5-6-20(16-26)24(27)25-15-18-7-10-21(30-3)11-8-18/h7-12,14,17,20H,5-6,13,15-16H2,1-4H3,(H,25,27)/t20-/m1/s1. The molecule has 1 aliphatic heterocycles. The molecule has 3 rings (SSSR count). The van der Waals surface area contributed by atoms with Gasteiger partial charge < -0.3 is 14.8 Å². The zero-order valence-corrected chi connectivity index (χ0v) is 19.9. The van der Waals surface area contributed by atoms with Crippen LogP contribution in [0.1, 0.15) is 43.7 Å². The number of nitrogens with one attached hydrogen (secondary N) is 1. The summed E-state index contributed by atoms with van der Waals surface area (Å²) in [5, 5.41) is 2.94. The molecular formula is C24H32N2O5S. The Morgan fingerprint density at radius 1 is 1.12 bits per heavy atom. The number of benzene rings is 2. The summed E-state index contributed by atoms with van der Waals surface area (Å²) in [7, 11) is -0.715. The van der Waals surface area contributed by atoms with Crippen LogP contribution in [0.5, 0.6) is 11.5 Å². The van der Waals surface area contributed by atoms with E-state index in [2.05, 4.69) is 5.32 Å². The van der Waals surface area contributed by atoms with E-state index in [0.29, 0.717) is 31.7 Å². The van der Waals surface area contributed by atoms with Crippen molar-refractivity contribution in [3.63, 3.8) is 0 Å². The molecule has 1 saturated heterocycles. The summed E-state index contributed by atoms with van der Waals surface area (Å²) in [6.45, 7) is 4.96. The fourth-order valence-corrected chi connectivity index (χ4v) is 5.56. The summed E-state index contributed by atoms with van der Waals surface area (Å²) < 4.78 is 38.8. The van der Waals surface area contributed by atoms with Crippen LogP contribution in [0.2, 0.25) is 0 Å². The molecule has 0 spiro atoms. The molecule has 0 aromatic heterocycles. The second-order valence-corrected chi connectivity index (χ2v) is 10.2. The molecule has 1 heterocycles. The van der Waals surface area contributed by atoms with Crippen molar-refractivity contribution in [1.82, 2.24) is 9.62 Å². The van der Waals surface area contributed by atoms with Crippen LogP contribution in [0.25, 0.3) is 0 Å². The van der Waals surface area contributed by atoms with Gasteiger partial charge in [-0.15, -0.1) is 0 Å². The molecule has 1 aliphatic rings. The Labute approximate surface area is 190 Å². The lowest BCUT2D eigenvalue weighted by molar-refractivity contribution is -0.126. The highest BCUT2D eigenvalue weighted by Crippen LogP contribution is 2.32. The van der Waals surface area contributed by atoms with E-state index >= 15 is 0 Å². The van der Waals surface area contributed by atoms with E-state index in [1.54, 1.807) is 19.2 Å². The average molecular weight is 461 g/mol. The van der Waals surface area contributed by atoms with Gasteiger partial charge in [0.15, 0.2) is 0 Å². The number of hydrogen-bond donors (Lipinski definition) is 1. The lowest BCUT2D eigenvalue weighted by Crippen LogP contribution is -2.45. The minimum Gasteiger partial charge on any atom is -0.497 e. The topological polar surface area (TPSA) is 84.9 Å². The van der Waals surface area contributed by atoms with Gasteiger partial charge in [0.1, 0.15) is 16.4 Å². The van der Waals surface area contributed by atoms with Crippen molar-refractivity contribution in [3.05, 3.63) is 53.6 Å². The van der Waals surface area contributed by atoms with Gasteiger partial charge >= 0.3 is 0 Å². The molecule has 32 heavy (non-hydrogen) atoms. The van der Waals surface area contributed by atoms with E-state index in [1.807, 2.05) is 44.2 Å². The molecule has 0 aliphatic carbocycles. The number of amides is 1. The molecule has 2 aromatic rings. The number of methoxy groups -OCH3 is 2. The summed E-state index contributed by atoms with van der Waals surface area (Å²) in [6.07, 6.45) is 1.29. The SMILES string of the molecule is COc1ccc(CNC(=O)[C@@H]2CCCN(S(=O)(=O)c3cc(C(C)C)ccc3OC)C2)cc1. The van der Waals surface area contributed by atoms with Crippen molar-refractivity contribution in [3.8, 4) is 11.5 Å². The fourth-order valence-electron chi connectivity index (χ4n) is 3.84. The van der Waals surface area contributed by atoms with Crippen LogP contribution in [-0.2, 0) is 21.4 Å². The first kappa shape index (κ1) is 24.1. The first-order valence-corrected chi connectivity index (χ1v) is 12.3. The lowest BCUT2D eigenvalue weighted by Gasteiger charge is -2.31. The fraction of sp³-hybridized carbons (Fsp3) is 0.458. The normalized spacial score (nSPS) is 17.2. The number of rotatable bonds is 8. The van der Waals surface area contributed by atoms with E-state index in [-0.39, 0.29) is 23.3 Å². The number of nitrogens with zero attached hydrogens (tertiary/aromatic N) is 1. The molecule has 174 valence electrons. The summed E-state index contributed by atoms with van der Waals surface area (Å²) in [5.41, 5.74) is 1.88. The Morgan fingerprint density at radius 2 is 1.84 bits per heavy atom. The van der Waals surface area contributed by atoms with Gasteiger partial charge in [-0.1, -0.05) is 32.0 Å². The second kappa shape index (κ2) is 10.4. The van der Waals surface area contributed by atoms with Crippen LogP contribution in [0.3, 0.4) is 0 Å².